The number of rotatable bonds is 4. The van der Waals surface area contributed by atoms with E-state index in [0.29, 0.717) is 16.7 Å². The lowest BCUT2D eigenvalue weighted by molar-refractivity contribution is 0.0665. The van der Waals surface area contributed by atoms with Gasteiger partial charge in [0.25, 0.3) is 11.8 Å². The van der Waals surface area contributed by atoms with Crippen LogP contribution in [-0.2, 0) is 0 Å². The van der Waals surface area contributed by atoms with Gasteiger partial charge in [0.15, 0.2) is 5.78 Å². The summed E-state index contributed by atoms with van der Waals surface area (Å²) in [6.45, 7) is 1.56. The van der Waals surface area contributed by atoms with E-state index in [1.807, 2.05) is 0 Å². The maximum Gasteiger partial charge on any atom is 0.264 e. The molecule has 6 nitrogen and oxygen atoms in total. The Bertz CT molecular complexity index is 733. The summed E-state index contributed by atoms with van der Waals surface area (Å²) in [5.41, 5.74) is 2.02. The second-order valence-corrected chi connectivity index (χ2v) is 4.93. The lowest BCUT2D eigenvalue weighted by Gasteiger charge is -2.15. The van der Waals surface area contributed by atoms with Crippen LogP contribution in [0.2, 0.25) is 0 Å². The summed E-state index contributed by atoms with van der Waals surface area (Å²) in [5, 5.41) is 3.00. The monoisotopic (exact) mass is 295 g/mol. The molecule has 22 heavy (non-hydrogen) atoms. The second-order valence-electron chi connectivity index (χ2n) is 4.93. The Balaban J connectivity index is 1.71. The summed E-state index contributed by atoms with van der Waals surface area (Å²) < 4.78 is 0. The van der Waals surface area contributed by atoms with Gasteiger partial charge in [-0.1, -0.05) is 0 Å². The molecule has 0 spiro atoms. The topological polar surface area (TPSA) is 79.4 Å². The average molecular weight is 295 g/mol. The van der Waals surface area contributed by atoms with Crippen LogP contribution in [0.15, 0.2) is 42.7 Å². The van der Waals surface area contributed by atoms with Crippen LogP contribution in [0.5, 0.6) is 0 Å². The van der Waals surface area contributed by atoms with E-state index in [1.54, 1.807) is 24.3 Å². The molecule has 1 aliphatic rings. The lowest BCUT2D eigenvalue weighted by atomic mass is 10.1. The van der Waals surface area contributed by atoms with Crippen molar-refractivity contribution < 1.29 is 14.4 Å². The van der Waals surface area contributed by atoms with E-state index in [-0.39, 0.29) is 24.3 Å². The number of anilines is 1. The maximum atomic E-state index is 12.2. The van der Waals surface area contributed by atoms with Gasteiger partial charge < -0.3 is 5.32 Å². The van der Waals surface area contributed by atoms with Gasteiger partial charge in [-0.2, -0.15) is 0 Å². The molecule has 2 amide bonds. The number of hydrogen-bond donors (Lipinski definition) is 1. The molecule has 6 heteroatoms. The van der Waals surface area contributed by atoms with Crippen molar-refractivity contribution in [3.63, 3.8) is 0 Å². The largest absolute Gasteiger partial charge is 0.367 e. The molecule has 0 saturated carbocycles. The minimum absolute atomic E-state index is 0.0144. The van der Waals surface area contributed by atoms with E-state index < -0.39 is 0 Å². The second kappa shape index (κ2) is 5.40. The smallest absolute Gasteiger partial charge is 0.264 e. The van der Waals surface area contributed by atoms with E-state index in [1.165, 1.54) is 25.4 Å². The van der Waals surface area contributed by atoms with E-state index in [4.69, 9.17) is 0 Å². The predicted molar refractivity (Wildman–Crippen MR) is 79.7 cm³/mol. The molecule has 1 N–H and O–H groups in total. The maximum absolute atomic E-state index is 12.2. The zero-order valence-electron chi connectivity index (χ0n) is 11.9. The molecule has 0 fully saturated rings. The molecule has 2 aromatic rings. The highest BCUT2D eigenvalue weighted by Crippen LogP contribution is 2.21. The Morgan fingerprint density at radius 2 is 1.77 bits per heavy atom. The van der Waals surface area contributed by atoms with Gasteiger partial charge in [-0.3, -0.25) is 24.3 Å². The minimum atomic E-state index is -0.360. The van der Waals surface area contributed by atoms with Crippen LogP contribution in [0, 0.1) is 0 Å². The van der Waals surface area contributed by atoms with Gasteiger partial charge in [0.1, 0.15) is 0 Å². The van der Waals surface area contributed by atoms with E-state index in [2.05, 4.69) is 10.3 Å². The lowest BCUT2D eigenvalue weighted by Crippen LogP contribution is -2.34. The molecule has 0 radical (unpaired) electrons. The van der Waals surface area contributed by atoms with Crippen LogP contribution in [-0.4, -0.2) is 34.2 Å². The number of amides is 2. The molecule has 1 aromatic heterocycles. The van der Waals surface area contributed by atoms with Gasteiger partial charge in [0.05, 0.1) is 17.8 Å². The van der Waals surface area contributed by atoms with Gasteiger partial charge in [-0.15, -0.1) is 0 Å². The number of nitrogens with one attached hydrogen (secondary N) is 1. The van der Waals surface area contributed by atoms with E-state index in [9.17, 15) is 14.4 Å². The first-order valence-corrected chi connectivity index (χ1v) is 6.73. The first-order chi connectivity index (χ1) is 10.6. The van der Waals surface area contributed by atoms with E-state index in [0.717, 1.165) is 10.6 Å². The van der Waals surface area contributed by atoms with Crippen LogP contribution in [0.1, 0.15) is 38.0 Å². The number of benzene rings is 1. The summed E-state index contributed by atoms with van der Waals surface area (Å²) in [7, 11) is 0. The minimum Gasteiger partial charge on any atom is -0.367 e. The number of carbonyl (C=O) groups is 3. The number of aromatic nitrogens is 1. The molecule has 1 aromatic carbocycles. The molecule has 0 aliphatic carbocycles. The fourth-order valence-corrected chi connectivity index (χ4v) is 2.27. The zero-order valence-corrected chi connectivity index (χ0v) is 11.9. The van der Waals surface area contributed by atoms with Crippen LogP contribution < -0.4 is 5.32 Å². The summed E-state index contributed by atoms with van der Waals surface area (Å²) in [5.74, 6) is -0.712. The van der Waals surface area contributed by atoms with Crippen LogP contribution in [0.3, 0.4) is 0 Å². The molecular formula is C16H13N3O3. The SMILES string of the molecule is CC(=O)c1ccc(NCN2C(=O)c3ccncc3C2=O)cc1. The van der Waals surface area contributed by atoms with Gasteiger partial charge in [-0.05, 0) is 37.3 Å². The third-order valence-corrected chi connectivity index (χ3v) is 3.50. The van der Waals surface area contributed by atoms with Crippen molar-refractivity contribution in [3.05, 3.63) is 59.4 Å². The van der Waals surface area contributed by atoms with Crippen molar-refractivity contribution in [2.24, 2.45) is 0 Å². The third-order valence-electron chi connectivity index (χ3n) is 3.50. The Morgan fingerprint density at radius 3 is 2.41 bits per heavy atom. The van der Waals surface area contributed by atoms with Crippen molar-refractivity contribution in [2.75, 3.05) is 12.0 Å². The molecule has 3 rings (SSSR count). The standard InChI is InChI=1S/C16H13N3O3/c1-10(20)11-2-4-12(5-3-11)18-9-19-15(21)13-6-7-17-8-14(13)16(19)22/h2-8,18H,9H2,1H3. The quantitative estimate of drug-likeness (QED) is 0.689. The number of hydrogen-bond acceptors (Lipinski definition) is 5. The molecule has 2 heterocycles. The first kappa shape index (κ1) is 13.9. The van der Waals surface area contributed by atoms with Crippen molar-refractivity contribution in [2.45, 2.75) is 6.92 Å². The molecular weight excluding hydrogens is 282 g/mol. The van der Waals surface area contributed by atoms with Crippen LogP contribution >= 0.6 is 0 Å². The van der Waals surface area contributed by atoms with Crippen molar-refractivity contribution in [1.82, 2.24) is 9.88 Å². The van der Waals surface area contributed by atoms with E-state index >= 15 is 0 Å². The van der Waals surface area contributed by atoms with Gasteiger partial charge in [0.2, 0.25) is 0 Å². The van der Waals surface area contributed by atoms with Crippen LogP contribution in [0.25, 0.3) is 0 Å². The molecule has 0 saturated heterocycles. The third kappa shape index (κ3) is 2.35. The fraction of sp³-hybridized carbons (Fsp3) is 0.125. The molecule has 1 aliphatic heterocycles. The number of Topliss-reactive ketones (excluding diaryl/α,β-unsaturated/α-hetero) is 1. The normalized spacial score (nSPS) is 13.2. The highest BCUT2D eigenvalue weighted by atomic mass is 16.2. The number of pyridine rings is 1. The van der Waals surface area contributed by atoms with Gasteiger partial charge in [-0.25, -0.2) is 0 Å². The summed E-state index contributed by atoms with van der Waals surface area (Å²) in [4.78, 5) is 40.5. The zero-order chi connectivity index (χ0) is 15.7. The summed E-state index contributed by atoms with van der Waals surface area (Å²) in [6, 6.07) is 8.39. The fourth-order valence-electron chi connectivity index (χ4n) is 2.27. The Kier molecular flexibility index (Phi) is 3.42. The van der Waals surface area contributed by atoms with Gasteiger partial charge in [0, 0.05) is 23.6 Å². The van der Waals surface area contributed by atoms with Crippen molar-refractivity contribution in [1.29, 1.82) is 0 Å². The number of ketones is 1. The summed E-state index contributed by atoms with van der Waals surface area (Å²) >= 11 is 0. The molecule has 0 atom stereocenters. The van der Waals surface area contributed by atoms with Crippen molar-refractivity contribution in [3.8, 4) is 0 Å². The first-order valence-electron chi connectivity index (χ1n) is 6.73. The Labute approximate surface area is 126 Å². The Hall–Kier alpha value is -3.02. The summed E-state index contributed by atoms with van der Waals surface area (Å²) in [6.07, 6.45) is 2.89. The highest BCUT2D eigenvalue weighted by Gasteiger charge is 2.35. The number of imide groups is 1. The number of fused-ring (bicyclic) bond motifs is 1. The Morgan fingerprint density at radius 1 is 1.09 bits per heavy atom. The number of carbonyl (C=O) groups excluding carboxylic acids is 3. The average Bonchev–Trinajstić information content (AvgIpc) is 2.78. The van der Waals surface area contributed by atoms with Crippen LogP contribution in [0.4, 0.5) is 5.69 Å². The molecule has 110 valence electrons. The van der Waals surface area contributed by atoms with Gasteiger partial charge >= 0.3 is 0 Å². The molecule has 0 unspecified atom stereocenters. The highest BCUT2D eigenvalue weighted by molar-refractivity contribution is 6.21. The molecule has 0 bridgehead atoms. The number of nitrogens with zero attached hydrogens (tertiary/aromatic N) is 2. The van der Waals surface area contributed by atoms with Crippen molar-refractivity contribution >= 4 is 23.3 Å². The predicted octanol–water partition coefficient (Wildman–Crippen LogP) is 1.95.